The molecule has 0 aromatic heterocycles. The van der Waals surface area contributed by atoms with E-state index < -0.39 is 15.6 Å². The second-order valence-electron chi connectivity index (χ2n) is 6.85. The number of carbonyl (C=O) groups excluding carboxylic acids is 1. The molecule has 0 amide bonds. The second-order valence-corrected chi connectivity index (χ2v) is 8.90. The number of rotatable bonds is 7. The lowest BCUT2D eigenvalue weighted by Crippen LogP contribution is -2.45. The lowest BCUT2D eigenvalue weighted by Gasteiger charge is -2.31. The standard InChI is InChI=1S/C15H30N2O4S/c1-5-6-9-16-22(19,20)13-7-10-17(11-8-13)12-14(18)21-15(2,3)4/h13,16H,5-12H2,1-4H3. The number of hydrogen-bond donors (Lipinski definition) is 1. The zero-order valence-corrected chi connectivity index (χ0v) is 15.0. The Morgan fingerprint density at radius 2 is 1.86 bits per heavy atom. The fraction of sp³-hybridized carbons (Fsp3) is 0.933. The van der Waals surface area contributed by atoms with E-state index in [4.69, 9.17) is 4.74 Å². The minimum absolute atomic E-state index is 0.229. The molecule has 0 atom stereocenters. The number of unbranched alkanes of at least 4 members (excludes halogenated alkanes) is 1. The van der Waals surface area contributed by atoms with E-state index in [1.54, 1.807) is 0 Å². The van der Waals surface area contributed by atoms with Crippen LogP contribution in [0.3, 0.4) is 0 Å². The van der Waals surface area contributed by atoms with Gasteiger partial charge in [0, 0.05) is 19.6 Å². The minimum atomic E-state index is -3.23. The van der Waals surface area contributed by atoms with Gasteiger partial charge >= 0.3 is 5.97 Å². The molecule has 1 rings (SSSR count). The van der Waals surface area contributed by atoms with E-state index in [1.807, 2.05) is 32.6 Å². The lowest BCUT2D eigenvalue weighted by molar-refractivity contribution is -0.156. The molecule has 22 heavy (non-hydrogen) atoms. The van der Waals surface area contributed by atoms with Gasteiger partial charge in [0.05, 0.1) is 11.8 Å². The molecule has 1 saturated heterocycles. The highest BCUT2D eigenvalue weighted by molar-refractivity contribution is 7.90. The van der Waals surface area contributed by atoms with Crippen molar-refractivity contribution in [1.82, 2.24) is 9.62 Å². The molecule has 0 unspecified atom stereocenters. The zero-order valence-electron chi connectivity index (χ0n) is 14.2. The van der Waals surface area contributed by atoms with E-state index in [0.29, 0.717) is 32.5 Å². The highest BCUT2D eigenvalue weighted by Gasteiger charge is 2.30. The molecule has 6 nitrogen and oxygen atoms in total. The Morgan fingerprint density at radius 3 is 2.36 bits per heavy atom. The van der Waals surface area contributed by atoms with Gasteiger partial charge in [-0.25, -0.2) is 13.1 Å². The fourth-order valence-electron chi connectivity index (χ4n) is 2.44. The summed E-state index contributed by atoms with van der Waals surface area (Å²) in [6.45, 7) is 9.51. The van der Waals surface area contributed by atoms with Crippen LogP contribution in [0.5, 0.6) is 0 Å². The summed E-state index contributed by atoms with van der Waals surface area (Å²) in [5.74, 6) is -0.255. The Bertz CT molecular complexity index is 449. The number of hydrogen-bond acceptors (Lipinski definition) is 5. The smallest absolute Gasteiger partial charge is 0.320 e. The molecule has 0 bridgehead atoms. The van der Waals surface area contributed by atoms with Crippen molar-refractivity contribution in [2.75, 3.05) is 26.2 Å². The molecule has 1 N–H and O–H groups in total. The third kappa shape index (κ3) is 7.07. The Balaban J connectivity index is 2.38. The number of likely N-dealkylation sites (tertiary alicyclic amines) is 1. The van der Waals surface area contributed by atoms with Crippen molar-refractivity contribution >= 4 is 16.0 Å². The molecule has 0 aromatic rings. The van der Waals surface area contributed by atoms with E-state index in [9.17, 15) is 13.2 Å². The van der Waals surface area contributed by atoms with Gasteiger partial charge in [-0.15, -0.1) is 0 Å². The quantitative estimate of drug-likeness (QED) is 0.564. The molecular weight excluding hydrogens is 304 g/mol. The summed E-state index contributed by atoms with van der Waals surface area (Å²) >= 11 is 0. The largest absolute Gasteiger partial charge is 0.459 e. The van der Waals surface area contributed by atoms with Crippen LogP contribution in [0.4, 0.5) is 0 Å². The number of ether oxygens (including phenoxy) is 1. The van der Waals surface area contributed by atoms with Gasteiger partial charge in [0.1, 0.15) is 5.60 Å². The van der Waals surface area contributed by atoms with E-state index in [1.165, 1.54) is 0 Å². The van der Waals surface area contributed by atoms with Crippen molar-refractivity contribution in [3.8, 4) is 0 Å². The molecule has 1 aliphatic rings. The van der Waals surface area contributed by atoms with Crippen LogP contribution >= 0.6 is 0 Å². The Morgan fingerprint density at radius 1 is 1.27 bits per heavy atom. The molecule has 0 saturated carbocycles. The maximum Gasteiger partial charge on any atom is 0.320 e. The number of carbonyl (C=O) groups is 1. The number of nitrogens with zero attached hydrogens (tertiary/aromatic N) is 1. The number of esters is 1. The summed E-state index contributed by atoms with van der Waals surface area (Å²) in [6.07, 6.45) is 2.95. The van der Waals surface area contributed by atoms with Crippen molar-refractivity contribution in [3.05, 3.63) is 0 Å². The van der Waals surface area contributed by atoms with Gasteiger partial charge in [-0.3, -0.25) is 9.69 Å². The molecule has 0 aromatic carbocycles. The van der Waals surface area contributed by atoms with Gasteiger partial charge in [-0.2, -0.15) is 0 Å². The molecular formula is C15H30N2O4S. The normalized spacial score (nSPS) is 18.4. The van der Waals surface area contributed by atoms with Crippen LogP contribution in [0.2, 0.25) is 0 Å². The van der Waals surface area contributed by atoms with Crippen molar-refractivity contribution in [2.45, 2.75) is 64.2 Å². The Labute approximate surface area is 134 Å². The number of nitrogens with one attached hydrogen (secondary N) is 1. The average Bonchev–Trinajstić information content (AvgIpc) is 2.37. The minimum Gasteiger partial charge on any atom is -0.459 e. The SMILES string of the molecule is CCCCNS(=O)(=O)C1CCN(CC(=O)OC(C)(C)C)CC1. The Kier molecular flexibility index (Phi) is 7.28. The van der Waals surface area contributed by atoms with Crippen LogP contribution in [0.15, 0.2) is 0 Å². The first-order valence-corrected chi connectivity index (χ1v) is 9.61. The first-order chi connectivity index (χ1) is 10.1. The van der Waals surface area contributed by atoms with E-state index in [-0.39, 0.29) is 17.8 Å². The van der Waals surface area contributed by atoms with E-state index in [0.717, 1.165) is 12.8 Å². The van der Waals surface area contributed by atoms with Gasteiger partial charge in [0.25, 0.3) is 0 Å². The molecule has 7 heteroatoms. The molecule has 1 heterocycles. The molecule has 0 spiro atoms. The van der Waals surface area contributed by atoms with Crippen molar-refractivity contribution in [1.29, 1.82) is 0 Å². The molecule has 1 aliphatic heterocycles. The van der Waals surface area contributed by atoms with Crippen LogP contribution in [-0.4, -0.2) is 56.3 Å². The molecule has 0 radical (unpaired) electrons. The summed E-state index contributed by atoms with van der Waals surface area (Å²) in [5, 5.41) is -0.348. The summed E-state index contributed by atoms with van der Waals surface area (Å²) < 4.78 is 32.3. The van der Waals surface area contributed by atoms with Gasteiger partial charge in [0.2, 0.25) is 10.0 Å². The van der Waals surface area contributed by atoms with Gasteiger partial charge < -0.3 is 4.74 Å². The van der Waals surface area contributed by atoms with Crippen LogP contribution in [-0.2, 0) is 19.6 Å². The maximum absolute atomic E-state index is 12.2. The van der Waals surface area contributed by atoms with Crippen molar-refractivity contribution in [3.63, 3.8) is 0 Å². The zero-order chi connectivity index (χ0) is 16.8. The Hall–Kier alpha value is -0.660. The van der Waals surface area contributed by atoms with Gasteiger partial charge in [-0.05, 0) is 40.0 Å². The highest BCUT2D eigenvalue weighted by atomic mass is 32.2. The second kappa shape index (κ2) is 8.26. The fourth-order valence-corrected chi connectivity index (χ4v) is 3.94. The van der Waals surface area contributed by atoms with Crippen LogP contribution in [0.1, 0.15) is 53.4 Å². The molecule has 0 aliphatic carbocycles. The maximum atomic E-state index is 12.2. The molecule has 130 valence electrons. The number of sulfonamides is 1. The van der Waals surface area contributed by atoms with Crippen molar-refractivity contribution in [2.24, 2.45) is 0 Å². The summed E-state index contributed by atoms with van der Waals surface area (Å²) in [4.78, 5) is 13.7. The van der Waals surface area contributed by atoms with Crippen molar-refractivity contribution < 1.29 is 17.9 Å². The van der Waals surface area contributed by atoms with Crippen LogP contribution < -0.4 is 4.72 Å². The van der Waals surface area contributed by atoms with Gasteiger partial charge in [-0.1, -0.05) is 13.3 Å². The monoisotopic (exact) mass is 334 g/mol. The number of piperidine rings is 1. The van der Waals surface area contributed by atoms with Gasteiger partial charge in [0.15, 0.2) is 0 Å². The van der Waals surface area contributed by atoms with Crippen LogP contribution in [0.25, 0.3) is 0 Å². The predicted octanol–water partition coefficient (Wildman–Crippen LogP) is 1.51. The molecule has 1 fully saturated rings. The topological polar surface area (TPSA) is 75.7 Å². The summed E-state index contributed by atoms with van der Waals surface area (Å²) in [5.41, 5.74) is -0.484. The highest BCUT2D eigenvalue weighted by Crippen LogP contribution is 2.17. The first kappa shape index (κ1) is 19.4. The first-order valence-electron chi connectivity index (χ1n) is 8.06. The van der Waals surface area contributed by atoms with Crippen LogP contribution in [0, 0.1) is 0 Å². The van der Waals surface area contributed by atoms with E-state index >= 15 is 0 Å². The van der Waals surface area contributed by atoms with E-state index in [2.05, 4.69) is 4.72 Å². The average molecular weight is 334 g/mol. The summed E-state index contributed by atoms with van der Waals surface area (Å²) in [6, 6.07) is 0. The third-order valence-electron chi connectivity index (χ3n) is 3.58. The third-order valence-corrected chi connectivity index (χ3v) is 5.54. The predicted molar refractivity (Wildman–Crippen MR) is 87.1 cm³/mol. The lowest BCUT2D eigenvalue weighted by atomic mass is 10.1. The summed E-state index contributed by atoms with van der Waals surface area (Å²) in [7, 11) is -3.23.